The summed E-state index contributed by atoms with van der Waals surface area (Å²) < 4.78 is 2.30. The third-order valence-electron chi connectivity index (χ3n) is 5.12. The molecule has 19 heavy (non-hydrogen) atoms. The number of hydrogen-bond donors (Lipinski definition) is 1. The van der Waals surface area contributed by atoms with Gasteiger partial charge in [0.25, 0.3) is 0 Å². The van der Waals surface area contributed by atoms with E-state index < -0.39 is 0 Å². The maximum absolute atomic E-state index is 4.20. The Hall–Kier alpha value is -0.870. The van der Waals surface area contributed by atoms with Crippen molar-refractivity contribution in [3.8, 4) is 0 Å². The molecular formula is C15H24N4. The Morgan fingerprint density at radius 3 is 2.84 bits per heavy atom. The van der Waals surface area contributed by atoms with Gasteiger partial charge in [-0.1, -0.05) is 0 Å². The molecule has 0 radical (unpaired) electrons. The lowest BCUT2D eigenvalue weighted by Gasteiger charge is -2.26. The number of nitrogens with zero attached hydrogens (tertiary/aromatic N) is 3. The van der Waals surface area contributed by atoms with Gasteiger partial charge in [0.15, 0.2) is 0 Å². The Labute approximate surface area is 115 Å². The maximum Gasteiger partial charge on any atom is 0.0949 e. The molecule has 0 aromatic carbocycles. The van der Waals surface area contributed by atoms with Gasteiger partial charge in [-0.25, -0.2) is 4.98 Å². The van der Waals surface area contributed by atoms with E-state index in [4.69, 9.17) is 0 Å². The molecule has 1 aromatic rings. The molecule has 3 unspecified atom stereocenters. The van der Waals surface area contributed by atoms with Crippen molar-refractivity contribution in [2.75, 3.05) is 13.1 Å². The van der Waals surface area contributed by atoms with Crippen LogP contribution in [0.3, 0.4) is 0 Å². The number of imidazole rings is 1. The van der Waals surface area contributed by atoms with Crippen LogP contribution in [0.25, 0.3) is 0 Å². The van der Waals surface area contributed by atoms with Gasteiger partial charge in [0.2, 0.25) is 0 Å². The summed E-state index contributed by atoms with van der Waals surface area (Å²) in [6.07, 6.45) is 14.2. The lowest BCUT2D eigenvalue weighted by atomic mass is 10.1. The quantitative estimate of drug-likeness (QED) is 0.896. The molecule has 1 saturated heterocycles. The molecule has 2 heterocycles. The van der Waals surface area contributed by atoms with Crippen LogP contribution in [0.4, 0.5) is 0 Å². The minimum absolute atomic E-state index is 0.623. The van der Waals surface area contributed by atoms with Crippen LogP contribution in [0.5, 0.6) is 0 Å². The first-order chi connectivity index (χ1) is 9.40. The molecule has 2 aliphatic carbocycles. The zero-order valence-corrected chi connectivity index (χ0v) is 11.5. The summed E-state index contributed by atoms with van der Waals surface area (Å²) in [6, 6.07) is 2.92. The van der Waals surface area contributed by atoms with Crippen LogP contribution in [-0.4, -0.2) is 45.7 Å². The van der Waals surface area contributed by atoms with Gasteiger partial charge in [0.05, 0.1) is 6.33 Å². The maximum atomic E-state index is 4.20. The van der Waals surface area contributed by atoms with Crippen LogP contribution in [0.2, 0.25) is 0 Å². The molecule has 3 aliphatic rings. The van der Waals surface area contributed by atoms with Crippen molar-refractivity contribution < 1.29 is 0 Å². The lowest BCUT2D eigenvalue weighted by molar-refractivity contribution is 0.301. The summed E-state index contributed by atoms with van der Waals surface area (Å²) in [6.45, 7) is 2.59. The fraction of sp³-hybridized carbons (Fsp3) is 0.800. The van der Waals surface area contributed by atoms with Crippen molar-refractivity contribution in [2.24, 2.45) is 0 Å². The number of likely N-dealkylation sites (tertiary alicyclic amines) is 1. The fourth-order valence-electron chi connectivity index (χ4n) is 3.95. The SMILES string of the molecule is c1cn(C2CCCC2NC2CCN(C3CC3)C2)cn1. The molecule has 0 bridgehead atoms. The Morgan fingerprint density at radius 2 is 2.05 bits per heavy atom. The van der Waals surface area contributed by atoms with E-state index in [1.807, 2.05) is 12.5 Å². The van der Waals surface area contributed by atoms with Crippen LogP contribution in [0, 0.1) is 0 Å². The highest BCUT2D eigenvalue weighted by atomic mass is 15.2. The second-order valence-electron chi connectivity index (χ2n) is 6.49. The standard InChI is InChI=1S/C15H24N4/c1-2-14(15(3-1)19-9-7-16-11-19)17-12-6-8-18(10-12)13-4-5-13/h7,9,11-15,17H,1-6,8,10H2. The molecule has 1 aromatic heterocycles. The van der Waals surface area contributed by atoms with Crippen molar-refractivity contribution in [3.63, 3.8) is 0 Å². The highest BCUT2D eigenvalue weighted by Crippen LogP contribution is 2.33. The Balaban J connectivity index is 1.36. The van der Waals surface area contributed by atoms with E-state index in [9.17, 15) is 0 Å². The highest BCUT2D eigenvalue weighted by molar-refractivity contribution is 4.97. The van der Waals surface area contributed by atoms with E-state index >= 15 is 0 Å². The molecule has 0 amide bonds. The summed E-state index contributed by atoms with van der Waals surface area (Å²) in [4.78, 5) is 6.90. The van der Waals surface area contributed by atoms with E-state index in [2.05, 4.69) is 26.0 Å². The van der Waals surface area contributed by atoms with Crippen molar-refractivity contribution in [2.45, 2.75) is 62.7 Å². The van der Waals surface area contributed by atoms with Crippen LogP contribution in [0.1, 0.15) is 44.6 Å². The van der Waals surface area contributed by atoms with Crippen LogP contribution in [-0.2, 0) is 0 Å². The van der Waals surface area contributed by atoms with Crippen LogP contribution >= 0.6 is 0 Å². The topological polar surface area (TPSA) is 33.1 Å². The smallest absolute Gasteiger partial charge is 0.0949 e. The fourth-order valence-corrected chi connectivity index (χ4v) is 3.95. The van der Waals surface area contributed by atoms with Gasteiger partial charge in [-0.3, -0.25) is 4.90 Å². The molecule has 4 rings (SSSR count). The van der Waals surface area contributed by atoms with Crippen molar-refractivity contribution in [1.82, 2.24) is 19.8 Å². The van der Waals surface area contributed by atoms with Gasteiger partial charge in [-0.05, 0) is 38.5 Å². The average Bonchev–Trinajstić information content (AvgIpc) is 2.89. The van der Waals surface area contributed by atoms with Crippen molar-refractivity contribution in [3.05, 3.63) is 18.7 Å². The molecule has 3 atom stereocenters. The highest BCUT2D eigenvalue weighted by Gasteiger charge is 2.36. The molecule has 4 heteroatoms. The minimum Gasteiger partial charge on any atom is -0.333 e. The number of nitrogens with one attached hydrogen (secondary N) is 1. The lowest BCUT2D eigenvalue weighted by Crippen LogP contribution is -2.42. The van der Waals surface area contributed by atoms with Gasteiger partial charge >= 0.3 is 0 Å². The van der Waals surface area contributed by atoms with Crippen LogP contribution in [0.15, 0.2) is 18.7 Å². The molecular weight excluding hydrogens is 236 g/mol. The minimum atomic E-state index is 0.623. The van der Waals surface area contributed by atoms with Gasteiger partial charge in [-0.15, -0.1) is 0 Å². The van der Waals surface area contributed by atoms with Crippen LogP contribution < -0.4 is 5.32 Å². The van der Waals surface area contributed by atoms with Gasteiger partial charge in [-0.2, -0.15) is 0 Å². The molecule has 1 aliphatic heterocycles. The predicted octanol–water partition coefficient (Wildman–Crippen LogP) is 1.80. The third kappa shape index (κ3) is 2.43. The first-order valence-electron chi connectivity index (χ1n) is 7.88. The van der Waals surface area contributed by atoms with Gasteiger partial charge in [0.1, 0.15) is 0 Å². The molecule has 0 spiro atoms. The summed E-state index contributed by atoms with van der Waals surface area (Å²) in [5.41, 5.74) is 0. The monoisotopic (exact) mass is 260 g/mol. The van der Waals surface area contributed by atoms with E-state index in [1.165, 1.54) is 51.6 Å². The second-order valence-corrected chi connectivity index (χ2v) is 6.49. The summed E-state index contributed by atoms with van der Waals surface area (Å²) >= 11 is 0. The second kappa shape index (κ2) is 4.91. The zero-order chi connectivity index (χ0) is 12.7. The Bertz CT molecular complexity index is 412. The number of aromatic nitrogens is 2. The molecule has 4 nitrogen and oxygen atoms in total. The average molecular weight is 260 g/mol. The van der Waals surface area contributed by atoms with Gasteiger partial charge < -0.3 is 9.88 Å². The van der Waals surface area contributed by atoms with Crippen molar-refractivity contribution >= 4 is 0 Å². The Kier molecular flexibility index (Phi) is 3.08. The molecule has 1 N–H and O–H groups in total. The summed E-state index contributed by atoms with van der Waals surface area (Å²) in [5, 5.41) is 3.94. The first kappa shape index (κ1) is 11.9. The van der Waals surface area contributed by atoms with E-state index in [0.717, 1.165) is 12.1 Å². The van der Waals surface area contributed by atoms with E-state index in [0.29, 0.717) is 12.1 Å². The molecule has 104 valence electrons. The first-order valence-corrected chi connectivity index (χ1v) is 7.88. The van der Waals surface area contributed by atoms with Gasteiger partial charge in [0, 0.05) is 49.7 Å². The molecule has 2 saturated carbocycles. The number of rotatable bonds is 4. The Morgan fingerprint density at radius 1 is 1.11 bits per heavy atom. The summed E-state index contributed by atoms with van der Waals surface area (Å²) in [5.74, 6) is 0. The predicted molar refractivity (Wildman–Crippen MR) is 75.0 cm³/mol. The van der Waals surface area contributed by atoms with E-state index in [1.54, 1.807) is 0 Å². The zero-order valence-electron chi connectivity index (χ0n) is 11.5. The van der Waals surface area contributed by atoms with Crippen molar-refractivity contribution in [1.29, 1.82) is 0 Å². The largest absolute Gasteiger partial charge is 0.333 e. The summed E-state index contributed by atoms with van der Waals surface area (Å²) in [7, 11) is 0. The third-order valence-corrected chi connectivity index (χ3v) is 5.12. The van der Waals surface area contributed by atoms with E-state index in [-0.39, 0.29) is 0 Å². The molecule has 3 fully saturated rings. The number of hydrogen-bond acceptors (Lipinski definition) is 3. The normalized spacial score (nSPS) is 36.1.